The van der Waals surface area contributed by atoms with Gasteiger partial charge in [0.1, 0.15) is 17.3 Å². The van der Waals surface area contributed by atoms with E-state index in [0.29, 0.717) is 50.1 Å². The van der Waals surface area contributed by atoms with Crippen LogP contribution in [-0.4, -0.2) is 42.4 Å². The Kier molecular flexibility index (Phi) is 5.56. The molecule has 10 heteroatoms. The van der Waals surface area contributed by atoms with Crippen LogP contribution in [0.5, 0.6) is 5.88 Å². The van der Waals surface area contributed by atoms with Crippen LogP contribution in [0.15, 0.2) is 30.3 Å². The molecule has 0 spiro atoms. The van der Waals surface area contributed by atoms with Gasteiger partial charge in [0.15, 0.2) is 17.9 Å². The van der Waals surface area contributed by atoms with Crippen LogP contribution in [0, 0.1) is 11.3 Å². The molecule has 0 aliphatic carbocycles. The normalized spacial score (nSPS) is 11.5. The Labute approximate surface area is 194 Å². The van der Waals surface area contributed by atoms with Crippen molar-refractivity contribution in [1.82, 2.24) is 24.7 Å². The van der Waals surface area contributed by atoms with Gasteiger partial charge in [0.05, 0.1) is 16.9 Å². The molecule has 1 aromatic carbocycles. The second-order valence-electron chi connectivity index (χ2n) is 8.51. The fourth-order valence-electron chi connectivity index (χ4n) is 3.56. The first-order chi connectivity index (χ1) is 15.6. The van der Waals surface area contributed by atoms with Crippen molar-refractivity contribution < 1.29 is 14.6 Å². The number of imidazole rings is 1. The number of ether oxygens (including phenoxy) is 1. The number of H-pyrrole nitrogens is 1. The summed E-state index contributed by atoms with van der Waals surface area (Å²) >= 11 is 6.35. The molecule has 0 saturated carbocycles. The summed E-state index contributed by atoms with van der Waals surface area (Å²) in [5.74, 6) is -0.702. The molecule has 2 N–H and O–H groups in total. The number of halogens is 1. The van der Waals surface area contributed by atoms with Crippen LogP contribution in [0.4, 0.5) is 0 Å². The van der Waals surface area contributed by atoms with Crippen LogP contribution < -0.4 is 4.74 Å². The Balaban J connectivity index is 1.95. The summed E-state index contributed by atoms with van der Waals surface area (Å²) in [5.41, 5.74) is 3.28. The van der Waals surface area contributed by atoms with E-state index < -0.39 is 12.6 Å². The number of benzene rings is 1. The first-order valence-electron chi connectivity index (χ1n) is 10.1. The molecule has 0 unspecified atom stereocenters. The molecule has 0 bridgehead atoms. The molecule has 0 radical (unpaired) electrons. The van der Waals surface area contributed by atoms with E-state index in [-0.39, 0.29) is 11.3 Å². The summed E-state index contributed by atoms with van der Waals surface area (Å²) in [4.78, 5) is 23.4. The topological polar surface area (TPSA) is 130 Å². The number of aromatic nitrogens is 5. The summed E-state index contributed by atoms with van der Waals surface area (Å²) in [6.45, 7) is 5.36. The van der Waals surface area contributed by atoms with Crippen molar-refractivity contribution in [2.45, 2.75) is 26.2 Å². The number of carbonyl (C=O) groups is 1. The molecule has 4 rings (SSSR count). The number of hydrogen-bond donors (Lipinski definition) is 2. The number of carboxylic acid groups (broad SMARTS) is 1. The highest BCUT2D eigenvalue weighted by molar-refractivity contribution is 6.33. The van der Waals surface area contributed by atoms with Crippen LogP contribution in [0.1, 0.15) is 32.0 Å². The molecule has 0 amide bonds. The van der Waals surface area contributed by atoms with E-state index in [2.05, 4.69) is 26.1 Å². The minimum Gasteiger partial charge on any atom is -0.479 e. The average Bonchev–Trinajstić information content (AvgIpc) is 3.32. The summed E-state index contributed by atoms with van der Waals surface area (Å²) < 4.78 is 7.06. The molecule has 3 aromatic heterocycles. The molecule has 3 heterocycles. The van der Waals surface area contributed by atoms with Crippen molar-refractivity contribution in [2.24, 2.45) is 7.05 Å². The lowest BCUT2D eigenvalue weighted by Crippen LogP contribution is -2.14. The van der Waals surface area contributed by atoms with Crippen LogP contribution in [0.2, 0.25) is 5.02 Å². The van der Waals surface area contributed by atoms with Gasteiger partial charge in [0, 0.05) is 23.0 Å². The lowest BCUT2D eigenvalue weighted by Gasteiger charge is -2.15. The van der Waals surface area contributed by atoms with Gasteiger partial charge in [-0.2, -0.15) is 10.4 Å². The number of hydrogen-bond acceptors (Lipinski definition) is 6. The van der Waals surface area contributed by atoms with Gasteiger partial charge in [0.2, 0.25) is 5.88 Å². The maximum atomic E-state index is 11.1. The van der Waals surface area contributed by atoms with Crippen molar-refractivity contribution in [3.63, 3.8) is 0 Å². The zero-order valence-corrected chi connectivity index (χ0v) is 19.2. The third-order valence-electron chi connectivity index (χ3n) is 5.01. The van der Waals surface area contributed by atoms with Gasteiger partial charge < -0.3 is 14.8 Å². The molecule has 168 valence electrons. The minimum absolute atomic E-state index is 0.0454. The van der Waals surface area contributed by atoms with Gasteiger partial charge in [-0.05, 0) is 12.1 Å². The van der Waals surface area contributed by atoms with E-state index in [4.69, 9.17) is 21.4 Å². The van der Waals surface area contributed by atoms with Gasteiger partial charge in [0.25, 0.3) is 0 Å². The number of aliphatic carboxylic acids is 1. The van der Waals surface area contributed by atoms with Crippen molar-refractivity contribution in [1.29, 1.82) is 5.26 Å². The number of aromatic amines is 1. The second kappa shape index (κ2) is 8.22. The van der Waals surface area contributed by atoms with E-state index in [1.54, 1.807) is 36.0 Å². The van der Waals surface area contributed by atoms with Crippen molar-refractivity contribution in [2.75, 3.05) is 6.61 Å². The quantitative estimate of drug-likeness (QED) is 0.450. The first-order valence-corrected chi connectivity index (χ1v) is 10.5. The fourth-order valence-corrected chi connectivity index (χ4v) is 3.79. The Hall–Kier alpha value is -3.90. The zero-order valence-electron chi connectivity index (χ0n) is 18.5. The summed E-state index contributed by atoms with van der Waals surface area (Å²) in [7, 11) is 1.74. The third-order valence-corrected chi connectivity index (χ3v) is 5.34. The molecular formula is C23H21ClN6O3. The highest BCUT2D eigenvalue weighted by Crippen LogP contribution is 2.35. The number of rotatable bonds is 5. The third kappa shape index (κ3) is 4.13. The average molecular weight is 465 g/mol. The van der Waals surface area contributed by atoms with E-state index in [1.807, 2.05) is 26.8 Å². The molecule has 0 saturated heterocycles. The molecule has 0 aliphatic heterocycles. The summed E-state index contributed by atoms with van der Waals surface area (Å²) in [5, 5.41) is 24.0. The van der Waals surface area contributed by atoms with E-state index >= 15 is 0 Å². The number of aryl methyl sites for hydroxylation is 1. The van der Waals surface area contributed by atoms with Gasteiger partial charge in [-0.15, -0.1) is 0 Å². The lowest BCUT2D eigenvalue weighted by atomic mass is 9.89. The predicted molar refractivity (Wildman–Crippen MR) is 123 cm³/mol. The Morgan fingerprint density at radius 1 is 1.30 bits per heavy atom. The van der Waals surface area contributed by atoms with E-state index in [1.165, 1.54) is 0 Å². The lowest BCUT2D eigenvalue weighted by molar-refractivity contribution is -0.139. The van der Waals surface area contributed by atoms with Gasteiger partial charge in [-0.1, -0.05) is 50.6 Å². The molecule has 0 aliphatic rings. The fraction of sp³-hybridized carbons (Fsp3) is 0.261. The smallest absolute Gasteiger partial charge is 0.341 e. The largest absolute Gasteiger partial charge is 0.479 e. The maximum Gasteiger partial charge on any atom is 0.341 e. The van der Waals surface area contributed by atoms with Crippen LogP contribution in [0.25, 0.3) is 33.8 Å². The van der Waals surface area contributed by atoms with Crippen LogP contribution >= 0.6 is 11.6 Å². The van der Waals surface area contributed by atoms with Gasteiger partial charge in [-0.25, -0.2) is 14.8 Å². The molecule has 33 heavy (non-hydrogen) atoms. The predicted octanol–water partition coefficient (Wildman–Crippen LogP) is 4.31. The highest BCUT2D eigenvalue weighted by Gasteiger charge is 2.28. The molecule has 0 fully saturated rings. The summed E-state index contributed by atoms with van der Waals surface area (Å²) in [6.07, 6.45) is 0. The minimum atomic E-state index is -1.14. The number of fused-ring (bicyclic) bond motifs is 1. The van der Waals surface area contributed by atoms with Crippen LogP contribution in [0.3, 0.4) is 0 Å². The SMILES string of the molecule is Cn1nc(C(C)(C)C)c(C#N)c1-c1nc2c(OCC(=O)O)nc(-c3ccccc3Cl)cc2[nH]1. The Morgan fingerprint density at radius 3 is 2.67 bits per heavy atom. The van der Waals surface area contributed by atoms with Crippen molar-refractivity contribution in [3.8, 4) is 34.7 Å². The number of nitrogens with one attached hydrogen (secondary N) is 1. The Morgan fingerprint density at radius 2 is 2.03 bits per heavy atom. The monoisotopic (exact) mass is 464 g/mol. The zero-order chi connectivity index (χ0) is 23.9. The van der Waals surface area contributed by atoms with Crippen LogP contribution in [-0.2, 0) is 17.3 Å². The number of carboxylic acids is 1. The first kappa shape index (κ1) is 22.3. The van der Waals surface area contributed by atoms with E-state index in [0.717, 1.165) is 0 Å². The van der Waals surface area contributed by atoms with Crippen molar-refractivity contribution in [3.05, 3.63) is 46.6 Å². The molecule has 0 atom stereocenters. The molecule has 4 aromatic rings. The molecule has 9 nitrogen and oxygen atoms in total. The summed E-state index contributed by atoms with van der Waals surface area (Å²) in [6, 6.07) is 11.2. The van der Waals surface area contributed by atoms with E-state index in [9.17, 15) is 10.1 Å². The second-order valence-corrected chi connectivity index (χ2v) is 8.92. The maximum absolute atomic E-state index is 11.1. The highest BCUT2D eigenvalue weighted by atomic mass is 35.5. The Bertz CT molecular complexity index is 1420. The standard InChI is InChI=1S/C23H21ClN6O3/c1-23(2,3)20-13(10-25)19(30(4)29-20)21-26-16-9-15(12-7-5-6-8-14(12)24)27-22(18(16)28-21)33-11-17(31)32/h5-9H,11H2,1-4H3,(H,26,28)(H,31,32). The number of pyridine rings is 1. The van der Waals surface area contributed by atoms with Gasteiger partial charge >= 0.3 is 5.97 Å². The number of nitriles is 1. The van der Waals surface area contributed by atoms with Gasteiger partial charge in [-0.3, -0.25) is 4.68 Å². The molecular weight excluding hydrogens is 444 g/mol. The number of nitrogens with zero attached hydrogens (tertiary/aromatic N) is 5. The van der Waals surface area contributed by atoms with Crippen molar-refractivity contribution >= 4 is 28.6 Å².